The summed E-state index contributed by atoms with van der Waals surface area (Å²) in [4.78, 5) is 26.0. The predicted octanol–water partition coefficient (Wildman–Crippen LogP) is 2.43. The third-order valence-corrected chi connectivity index (χ3v) is 3.98. The number of nitrogens with zero attached hydrogens (tertiary/aromatic N) is 1. The van der Waals surface area contributed by atoms with E-state index >= 15 is 0 Å². The molecule has 1 aliphatic rings. The van der Waals surface area contributed by atoms with E-state index in [1.807, 2.05) is 36.4 Å². The lowest BCUT2D eigenvalue weighted by Gasteiger charge is -2.37. The highest BCUT2D eigenvalue weighted by Crippen LogP contribution is 2.33. The largest absolute Gasteiger partial charge is 0.497 e. The van der Waals surface area contributed by atoms with Crippen LogP contribution in [0.1, 0.15) is 22.1 Å². The molecule has 0 saturated carbocycles. The van der Waals surface area contributed by atoms with E-state index in [9.17, 15) is 9.59 Å². The first kappa shape index (κ1) is 15.9. The molecule has 1 amide bonds. The first-order chi connectivity index (χ1) is 11.6. The zero-order valence-corrected chi connectivity index (χ0v) is 13.5. The molecule has 0 aromatic heterocycles. The van der Waals surface area contributed by atoms with Crippen molar-refractivity contribution in [3.05, 3.63) is 59.7 Å². The van der Waals surface area contributed by atoms with Crippen LogP contribution < -0.4 is 10.1 Å². The number of nitrogens with one attached hydrogen (secondary N) is 1. The van der Waals surface area contributed by atoms with Gasteiger partial charge in [0.2, 0.25) is 0 Å². The first-order valence-electron chi connectivity index (χ1n) is 7.51. The minimum Gasteiger partial charge on any atom is -0.497 e. The van der Waals surface area contributed by atoms with E-state index in [4.69, 9.17) is 9.47 Å². The van der Waals surface area contributed by atoms with Crippen molar-refractivity contribution < 1.29 is 19.1 Å². The monoisotopic (exact) mass is 326 g/mol. The van der Waals surface area contributed by atoms with Crippen LogP contribution in [-0.4, -0.2) is 37.5 Å². The van der Waals surface area contributed by atoms with Gasteiger partial charge >= 0.3 is 5.97 Å². The highest BCUT2D eigenvalue weighted by atomic mass is 16.5. The molecular formula is C18H18N2O4. The molecule has 24 heavy (non-hydrogen) atoms. The Bertz CT molecular complexity index is 758. The van der Waals surface area contributed by atoms with Crippen LogP contribution in [0.15, 0.2) is 48.5 Å². The fourth-order valence-corrected chi connectivity index (χ4v) is 2.71. The second-order valence-electron chi connectivity index (χ2n) is 5.37. The molecule has 0 radical (unpaired) electrons. The molecule has 2 aromatic rings. The molecule has 1 N–H and O–H groups in total. The van der Waals surface area contributed by atoms with Crippen LogP contribution in [0.3, 0.4) is 0 Å². The van der Waals surface area contributed by atoms with Crippen LogP contribution in [-0.2, 0) is 9.53 Å². The number of para-hydroxylation sites is 1. The average Bonchev–Trinajstić information content (AvgIpc) is 2.64. The number of carbonyl (C=O) groups excluding carboxylic acids is 2. The number of anilines is 1. The zero-order chi connectivity index (χ0) is 17.1. The van der Waals surface area contributed by atoms with Gasteiger partial charge < -0.3 is 19.7 Å². The standard InChI is InChI=1S/C18H18N2O4/c1-23-13-9-7-12(8-10-13)17-19-15-6-4-3-5-14(15)18(22)20(17)11-16(21)24-2/h3-10,17,19H,11H2,1-2H3/t17-/m0/s1. The third-order valence-electron chi connectivity index (χ3n) is 3.98. The van der Waals surface area contributed by atoms with Crippen LogP contribution in [0.4, 0.5) is 5.69 Å². The van der Waals surface area contributed by atoms with Gasteiger partial charge in [0.1, 0.15) is 18.5 Å². The number of benzene rings is 2. The normalized spacial score (nSPS) is 16.2. The molecule has 1 atom stereocenters. The smallest absolute Gasteiger partial charge is 0.325 e. The molecule has 0 bridgehead atoms. The molecule has 6 heteroatoms. The number of rotatable bonds is 4. The number of fused-ring (bicyclic) bond motifs is 1. The van der Waals surface area contributed by atoms with Gasteiger partial charge in [-0.05, 0) is 29.8 Å². The van der Waals surface area contributed by atoms with Crippen molar-refractivity contribution >= 4 is 17.6 Å². The van der Waals surface area contributed by atoms with Crippen molar-refractivity contribution in [3.8, 4) is 5.75 Å². The molecule has 3 rings (SSSR count). The molecule has 0 spiro atoms. The van der Waals surface area contributed by atoms with Crippen LogP contribution >= 0.6 is 0 Å². The number of ether oxygens (including phenoxy) is 2. The van der Waals surface area contributed by atoms with E-state index in [-0.39, 0.29) is 12.5 Å². The van der Waals surface area contributed by atoms with E-state index in [2.05, 4.69) is 5.32 Å². The maximum Gasteiger partial charge on any atom is 0.325 e. The van der Waals surface area contributed by atoms with Crippen LogP contribution in [0.25, 0.3) is 0 Å². The van der Waals surface area contributed by atoms with Gasteiger partial charge in [-0.3, -0.25) is 9.59 Å². The van der Waals surface area contributed by atoms with Crippen LogP contribution in [0, 0.1) is 0 Å². The highest BCUT2D eigenvalue weighted by Gasteiger charge is 2.34. The lowest BCUT2D eigenvalue weighted by Crippen LogP contribution is -2.45. The van der Waals surface area contributed by atoms with Gasteiger partial charge in [0.25, 0.3) is 5.91 Å². The Balaban J connectivity index is 2.00. The van der Waals surface area contributed by atoms with Gasteiger partial charge in [-0.15, -0.1) is 0 Å². The fraction of sp³-hybridized carbons (Fsp3) is 0.222. The van der Waals surface area contributed by atoms with Crippen molar-refractivity contribution in [1.82, 2.24) is 4.90 Å². The summed E-state index contributed by atoms with van der Waals surface area (Å²) < 4.78 is 9.90. The van der Waals surface area contributed by atoms with Crippen LogP contribution in [0.5, 0.6) is 5.75 Å². The summed E-state index contributed by atoms with van der Waals surface area (Å²) in [6.45, 7) is -0.132. The summed E-state index contributed by atoms with van der Waals surface area (Å²) in [5.41, 5.74) is 2.12. The number of methoxy groups -OCH3 is 2. The number of hydrogen-bond donors (Lipinski definition) is 1. The van der Waals surface area contributed by atoms with Gasteiger partial charge in [-0.1, -0.05) is 24.3 Å². The van der Waals surface area contributed by atoms with Crippen molar-refractivity contribution in [3.63, 3.8) is 0 Å². The number of esters is 1. The Kier molecular flexibility index (Phi) is 4.37. The van der Waals surface area contributed by atoms with Crippen molar-refractivity contribution in [2.24, 2.45) is 0 Å². The minimum absolute atomic E-state index is 0.132. The molecule has 124 valence electrons. The average molecular weight is 326 g/mol. The van der Waals surface area contributed by atoms with Gasteiger partial charge in [-0.2, -0.15) is 0 Å². The predicted molar refractivity (Wildman–Crippen MR) is 88.9 cm³/mol. The number of hydrogen-bond acceptors (Lipinski definition) is 5. The Morgan fingerprint density at radius 3 is 2.50 bits per heavy atom. The second-order valence-corrected chi connectivity index (χ2v) is 5.37. The first-order valence-corrected chi connectivity index (χ1v) is 7.51. The minimum atomic E-state index is -0.469. The van der Waals surface area contributed by atoms with Crippen molar-refractivity contribution in [2.45, 2.75) is 6.17 Å². The summed E-state index contributed by atoms with van der Waals surface area (Å²) in [5.74, 6) is 0.0411. The molecular weight excluding hydrogens is 308 g/mol. The van der Waals surface area contributed by atoms with Gasteiger partial charge in [0.15, 0.2) is 0 Å². The summed E-state index contributed by atoms with van der Waals surface area (Å²) >= 11 is 0. The fourth-order valence-electron chi connectivity index (χ4n) is 2.71. The molecule has 2 aromatic carbocycles. The Morgan fingerprint density at radius 1 is 1.12 bits per heavy atom. The Morgan fingerprint density at radius 2 is 1.83 bits per heavy atom. The van der Waals surface area contributed by atoms with E-state index in [0.29, 0.717) is 5.56 Å². The summed E-state index contributed by atoms with van der Waals surface area (Å²) in [6.07, 6.45) is -0.461. The van der Waals surface area contributed by atoms with E-state index < -0.39 is 12.1 Å². The Hall–Kier alpha value is -3.02. The molecule has 0 aliphatic carbocycles. The van der Waals surface area contributed by atoms with Crippen molar-refractivity contribution in [2.75, 3.05) is 26.1 Å². The van der Waals surface area contributed by atoms with Gasteiger partial charge in [0.05, 0.1) is 19.8 Å². The third kappa shape index (κ3) is 2.90. The molecule has 6 nitrogen and oxygen atoms in total. The second kappa shape index (κ2) is 6.62. The topological polar surface area (TPSA) is 67.9 Å². The maximum absolute atomic E-state index is 12.8. The van der Waals surface area contributed by atoms with Gasteiger partial charge in [-0.25, -0.2) is 0 Å². The van der Waals surface area contributed by atoms with Crippen LogP contribution in [0.2, 0.25) is 0 Å². The molecule has 1 heterocycles. The lowest BCUT2D eigenvalue weighted by molar-refractivity contribution is -0.141. The summed E-state index contributed by atoms with van der Waals surface area (Å²) in [7, 11) is 2.90. The molecule has 0 fully saturated rings. The van der Waals surface area contributed by atoms with E-state index in [1.165, 1.54) is 12.0 Å². The summed E-state index contributed by atoms with van der Waals surface area (Å²) in [5, 5.41) is 3.32. The molecule has 0 saturated heterocycles. The molecule has 0 unspecified atom stereocenters. The number of amides is 1. The maximum atomic E-state index is 12.8. The van der Waals surface area contributed by atoms with E-state index in [1.54, 1.807) is 19.2 Å². The van der Waals surface area contributed by atoms with E-state index in [0.717, 1.165) is 17.0 Å². The van der Waals surface area contributed by atoms with Crippen molar-refractivity contribution in [1.29, 1.82) is 0 Å². The Labute approximate surface area is 140 Å². The summed E-state index contributed by atoms with van der Waals surface area (Å²) in [6, 6.07) is 14.6. The number of carbonyl (C=O) groups is 2. The zero-order valence-electron chi connectivity index (χ0n) is 13.5. The quantitative estimate of drug-likeness (QED) is 0.874. The van der Waals surface area contributed by atoms with Gasteiger partial charge in [0, 0.05) is 5.69 Å². The SMILES string of the molecule is COC(=O)CN1C(=O)c2ccccc2N[C@@H]1c1ccc(OC)cc1. The molecule has 1 aliphatic heterocycles. The highest BCUT2D eigenvalue weighted by molar-refractivity contribution is 6.02. The lowest BCUT2D eigenvalue weighted by atomic mass is 10.0.